The summed E-state index contributed by atoms with van der Waals surface area (Å²) in [6, 6.07) is 21.0. The molecule has 370 valence electrons. The fourth-order valence-corrected chi connectivity index (χ4v) is 12.6. The van der Waals surface area contributed by atoms with Crippen LogP contribution in [0.5, 0.6) is 0 Å². The van der Waals surface area contributed by atoms with E-state index >= 15 is 0 Å². The highest BCUT2D eigenvalue weighted by molar-refractivity contribution is 6.31. The van der Waals surface area contributed by atoms with Crippen LogP contribution < -0.4 is 21.3 Å². The lowest BCUT2D eigenvalue weighted by Gasteiger charge is -2.50. The number of carbonyl (C=O) groups is 6. The third-order valence-electron chi connectivity index (χ3n) is 15.9. The number of anilines is 1. The zero-order valence-electron chi connectivity index (χ0n) is 40.7. The first-order valence-electron chi connectivity index (χ1n) is 25.6. The fourth-order valence-electron chi connectivity index (χ4n) is 12.6. The minimum absolute atomic E-state index is 0.0182. The van der Waals surface area contributed by atoms with Crippen LogP contribution in [0.3, 0.4) is 0 Å². The Bertz CT molecular complexity index is 3180. The largest absolute Gasteiger partial charge is 0.383 e. The molecule has 7 heterocycles. The standard InChI is InChI=1S/C55H62N8O8/c1-55-50(70-3)40(30-43(71-55)61-37-22-14-12-18-32(37)46-47-35(31-58-52(47)67)44-33-19-13-15-23-38(33)63(55)49(44)48(46)61)60(2)29-16-10-8-6-4-5-7-9-11-24-41(64)57-28-27-56-36-21-17-20-34-45(36)54(69)62(53(34)68)39-25-26-42(65)59-51(39)66/h12-15,17-23,39-40,43,50,56H,4-11,16,24-31H2,1-3H3,(H,57,64)(H,58,67)(H,59,65,66)/t39?,40-,43-,50-,55+/m1/s1. The molecule has 71 heavy (non-hydrogen) atoms. The summed E-state index contributed by atoms with van der Waals surface area (Å²) < 4.78 is 18.7. The van der Waals surface area contributed by atoms with Crippen LogP contribution >= 0.6 is 0 Å². The van der Waals surface area contributed by atoms with Gasteiger partial charge in [-0.3, -0.25) is 39.0 Å². The lowest BCUT2D eigenvalue weighted by Crippen LogP contribution is -2.60. The van der Waals surface area contributed by atoms with Gasteiger partial charge in [0.25, 0.3) is 17.7 Å². The number of imide groups is 2. The molecule has 5 aliphatic heterocycles. The second-order valence-electron chi connectivity index (χ2n) is 20.2. The summed E-state index contributed by atoms with van der Waals surface area (Å²) in [6.07, 6.45) is 10.6. The smallest absolute Gasteiger partial charge is 0.264 e. The SMILES string of the molecule is CO[C@@H]1[C@H](N(C)CCCCCCCCCCCC(=O)NCCNc2cccc3c2C(=O)N(C2CCC(=O)NC2=O)C3=O)C[C@H]2O[C@]1(C)n1c3ccccc3c3c4c(c5c6ccccc6n2c5c31)C(=O)NC4. The number of para-hydroxylation sites is 2. The molecule has 6 aromatic rings. The van der Waals surface area contributed by atoms with E-state index in [0.717, 1.165) is 111 Å². The average Bonchev–Trinajstić information content (AvgIpc) is 4.08. The molecular weight excluding hydrogens is 901 g/mol. The molecule has 11 rings (SSSR count). The summed E-state index contributed by atoms with van der Waals surface area (Å²) in [6.45, 7) is 4.33. The van der Waals surface area contributed by atoms with E-state index < -0.39 is 35.4 Å². The van der Waals surface area contributed by atoms with E-state index in [2.05, 4.69) is 97.8 Å². The number of amides is 6. The van der Waals surface area contributed by atoms with E-state index in [4.69, 9.17) is 9.47 Å². The first kappa shape index (κ1) is 46.7. The number of likely N-dealkylation sites (N-methyl/N-ethyl adjacent to an activating group) is 1. The molecular formula is C55H62N8O8. The van der Waals surface area contributed by atoms with Gasteiger partial charge in [0.2, 0.25) is 17.7 Å². The molecule has 5 atom stereocenters. The molecule has 4 aromatic carbocycles. The third kappa shape index (κ3) is 7.76. The van der Waals surface area contributed by atoms with Crippen LogP contribution in [0, 0.1) is 0 Å². The molecule has 0 saturated carbocycles. The molecule has 6 amide bonds. The molecule has 0 radical (unpaired) electrons. The molecule has 5 aliphatic rings. The minimum Gasteiger partial charge on any atom is -0.383 e. The lowest BCUT2D eigenvalue weighted by atomic mass is 9.91. The van der Waals surface area contributed by atoms with Crippen LogP contribution in [0.1, 0.15) is 133 Å². The van der Waals surface area contributed by atoms with Crippen LogP contribution in [-0.4, -0.2) is 106 Å². The Hall–Kier alpha value is -6.62. The molecule has 16 heteroatoms. The van der Waals surface area contributed by atoms with E-state index in [9.17, 15) is 28.8 Å². The van der Waals surface area contributed by atoms with E-state index in [1.807, 2.05) is 7.11 Å². The predicted molar refractivity (Wildman–Crippen MR) is 270 cm³/mol. The van der Waals surface area contributed by atoms with Gasteiger partial charge in [-0.05, 0) is 69.6 Å². The lowest BCUT2D eigenvalue weighted by molar-refractivity contribution is -0.267. The topological polar surface area (TPSA) is 185 Å². The quantitative estimate of drug-likeness (QED) is 0.0466. The number of nitrogens with one attached hydrogen (secondary N) is 4. The second kappa shape index (κ2) is 18.9. The van der Waals surface area contributed by atoms with E-state index in [1.165, 1.54) is 19.3 Å². The number of hydrogen-bond donors (Lipinski definition) is 4. The van der Waals surface area contributed by atoms with Crippen molar-refractivity contribution in [2.24, 2.45) is 0 Å². The zero-order valence-corrected chi connectivity index (χ0v) is 40.7. The van der Waals surface area contributed by atoms with Gasteiger partial charge in [0, 0.05) is 79.3 Å². The van der Waals surface area contributed by atoms with Gasteiger partial charge in [-0.1, -0.05) is 87.4 Å². The Kier molecular flexibility index (Phi) is 12.4. The van der Waals surface area contributed by atoms with Crippen molar-refractivity contribution in [1.29, 1.82) is 0 Å². The van der Waals surface area contributed by atoms with Gasteiger partial charge >= 0.3 is 0 Å². The first-order valence-corrected chi connectivity index (χ1v) is 25.6. The van der Waals surface area contributed by atoms with Crippen molar-refractivity contribution >= 4 is 84.7 Å². The van der Waals surface area contributed by atoms with Gasteiger partial charge in [0.15, 0.2) is 5.72 Å². The summed E-state index contributed by atoms with van der Waals surface area (Å²) in [7, 11) is 4.05. The first-order chi connectivity index (χ1) is 34.5. The highest BCUT2D eigenvalue weighted by atomic mass is 16.6. The number of ether oxygens (including phenoxy) is 2. The number of benzene rings is 4. The number of rotatable bonds is 19. The Morgan fingerprint density at radius 1 is 0.817 bits per heavy atom. The minimum atomic E-state index is -1.03. The summed E-state index contributed by atoms with van der Waals surface area (Å²) in [5.41, 5.74) is 6.18. The highest BCUT2D eigenvalue weighted by Crippen LogP contribution is 2.54. The normalized spacial score (nSPS) is 22.5. The molecule has 4 N–H and O–H groups in total. The maximum Gasteiger partial charge on any atom is 0.264 e. The number of carbonyl (C=O) groups excluding carboxylic acids is 6. The highest BCUT2D eigenvalue weighted by Gasteiger charge is 2.54. The van der Waals surface area contributed by atoms with Crippen molar-refractivity contribution in [3.05, 3.63) is 89.0 Å². The fraction of sp³-hybridized carbons (Fsp3) is 0.455. The maximum atomic E-state index is 13.7. The van der Waals surface area contributed by atoms with Gasteiger partial charge in [-0.15, -0.1) is 0 Å². The van der Waals surface area contributed by atoms with Gasteiger partial charge in [-0.25, -0.2) is 0 Å². The summed E-state index contributed by atoms with van der Waals surface area (Å²) in [4.78, 5) is 80.3. The van der Waals surface area contributed by atoms with Gasteiger partial charge in [0.1, 0.15) is 18.4 Å². The number of piperidine rings is 1. The van der Waals surface area contributed by atoms with Gasteiger partial charge in [0.05, 0.1) is 38.8 Å². The Morgan fingerprint density at radius 3 is 2.27 bits per heavy atom. The maximum absolute atomic E-state index is 13.7. The summed E-state index contributed by atoms with van der Waals surface area (Å²) in [5.74, 6) is -2.23. The van der Waals surface area contributed by atoms with Crippen molar-refractivity contribution in [2.75, 3.05) is 39.1 Å². The van der Waals surface area contributed by atoms with Crippen LogP contribution in [0.15, 0.2) is 66.7 Å². The van der Waals surface area contributed by atoms with E-state index in [0.29, 0.717) is 31.7 Å². The van der Waals surface area contributed by atoms with E-state index in [1.54, 1.807) is 18.2 Å². The van der Waals surface area contributed by atoms with Crippen molar-refractivity contribution in [1.82, 2.24) is 34.9 Å². The van der Waals surface area contributed by atoms with Crippen molar-refractivity contribution in [3.63, 3.8) is 0 Å². The summed E-state index contributed by atoms with van der Waals surface area (Å²) >= 11 is 0. The van der Waals surface area contributed by atoms with Crippen molar-refractivity contribution < 1.29 is 38.2 Å². The number of nitrogens with zero attached hydrogens (tertiary/aromatic N) is 4. The Balaban J connectivity index is 0.634. The molecule has 0 aliphatic carbocycles. The average molecular weight is 963 g/mol. The molecule has 2 fully saturated rings. The van der Waals surface area contributed by atoms with Crippen molar-refractivity contribution in [3.8, 4) is 0 Å². The van der Waals surface area contributed by atoms with Crippen LogP contribution in [0.2, 0.25) is 0 Å². The molecule has 2 saturated heterocycles. The van der Waals surface area contributed by atoms with Crippen LogP contribution in [0.4, 0.5) is 5.69 Å². The third-order valence-corrected chi connectivity index (χ3v) is 15.9. The van der Waals surface area contributed by atoms with Crippen LogP contribution in [0.25, 0.3) is 43.6 Å². The number of hydrogen-bond acceptors (Lipinski definition) is 10. The Labute approximate surface area is 411 Å². The number of unbranched alkanes of at least 4 members (excludes halogenated alkanes) is 8. The molecule has 2 aromatic heterocycles. The van der Waals surface area contributed by atoms with Crippen molar-refractivity contribution in [2.45, 2.75) is 127 Å². The Morgan fingerprint density at radius 2 is 1.52 bits per heavy atom. The van der Waals surface area contributed by atoms with Crippen LogP contribution in [-0.2, 0) is 36.1 Å². The molecule has 1 unspecified atom stereocenters. The number of fused-ring (bicyclic) bond motifs is 14. The summed E-state index contributed by atoms with van der Waals surface area (Å²) in [5, 5.41) is 15.8. The number of aromatic nitrogens is 2. The van der Waals surface area contributed by atoms with Gasteiger partial charge < -0.3 is 39.5 Å². The number of methoxy groups -OCH3 is 1. The predicted octanol–water partition coefficient (Wildman–Crippen LogP) is 7.60. The second-order valence-corrected chi connectivity index (χ2v) is 20.2. The molecule has 16 nitrogen and oxygen atoms in total. The van der Waals surface area contributed by atoms with Gasteiger partial charge in [-0.2, -0.15) is 0 Å². The van der Waals surface area contributed by atoms with E-state index in [-0.39, 0.29) is 54.2 Å². The zero-order chi connectivity index (χ0) is 49.1. The molecule has 0 spiro atoms. The molecule has 2 bridgehead atoms. The monoisotopic (exact) mass is 962 g/mol.